The lowest BCUT2D eigenvalue weighted by atomic mass is 9.97. The molecule has 0 saturated carbocycles. The maximum absolute atomic E-state index is 13.5. The van der Waals surface area contributed by atoms with Gasteiger partial charge in [-0.15, -0.1) is 0 Å². The van der Waals surface area contributed by atoms with Crippen LogP contribution in [0.25, 0.3) is 0 Å². The molecule has 1 amide bonds. The smallest absolute Gasteiger partial charge is 0.306 e. The molecule has 1 aromatic rings. The molecule has 22 heavy (non-hydrogen) atoms. The summed E-state index contributed by atoms with van der Waals surface area (Å²) in [5.41, 5.74) is -0.570. The van der Waals surface area contributed by atoms with Crippen LogP contribution >= 0.6 is 0 Å². The highest BCUT2D eigenvalue weighted by Gasteiger charge is 2.25. The number of halogens is 3. The SMILES string of the molecule is O=C(NCN1CCC(C(=O)O)CC1)c1ccc(F)c(F)c1F. The number of hydrogen-bond donors (Lipinski definition) is 2. The summed E-state index contributed by atoms with van der Waals surface area (Å²) in [6.07, 6.45) is 0.926. The van der Waals surface area contributed by atoms with E-state index in [1.165, 1.54) is 0 Å². The predicted octanol–water partition coefficient (Wildman–Crippen LogP) is 1.59. The van der Waals surface area contributed by atoms with Crippen LogP contribution < -0.4 is 5.32 Å². The van der Waals surface area contributed by atoms with Crippen molar-refractivity contribution in [2.75, 3.05) is 19.8 Å². The van der Waals surface area contributed by atoms with Gasteiger partial charge < -0.3 is 10.4 Å². The molecule has 2 rings (SSSR count). The van der Waals surface area contributed by atoms with Crippen LogP contribution in [0.5, 0.6) is 0 Å². The van der Waals surface area contributed by atoms with Gasteiger partial charge in [0.15, 0.2) is 17.5 Å². The number of benzene rings is 1. The molecule has 0 atom stereocenters. The molecule has 0 spiro atoms. The van der Waals surface area contributed by atoms with E-state index in [-0.39, 0.29) is 6.67 Å². The Morgan fingerprint density at radius 2 is 1.82 bits per heavy atom. The number of likely N-dealkylation sites (tertiary alicyclic amines) is 1. The second-order valence-corrected chi connectivity index (χ2v) is 5.12. The number of hydrogen-bond acceptors (Lipinski definition) is 3. The zero-order chi connectivity index (χ0) is 16.3. The molecule has 0 unspecified atom stereocenters. The predicted molar refractivity (Wildman–Crippen MR) is 70.6 cm³/mol. The lowest BCUT2D eigenvalue weighted by Gasteiger charge is -2.29. The summed E-state index contributed by atoms with van der Waals surface area (Å²) >= 11 is 0. The Kier molecular flexibility index (Phi) is 5.02. The molecule has 0 bridgehead atoms. The molecule has 1 aliphatic heterocycles. The van der Waals surface area contributed by atoms with Gasteiger partial charge in [0.05, 0.1) is 18.2 Å². The minimum Gasteiger partial charge on any atom is -0.481 e. The van der Waals surface area contributed by atoms with Gasteiger partial charge in [-0.1, -0.05) is 0 Å². The second-order valence-electron chi connectivity index (χ2n) is 5.12. The van der Waals surface area contributed by atoms with Gasteiger partial charge in [0.1, 0.15) is 0 Å². The van der Waals surface area contributed by atoms with E-state index in [9.17, 15) is 22.8 Å². The number of carboxylic acids is 1. The van der Waals surface area contributed by atoms with Crippen molar-refractivity contribution in [2.45, 2.75) is 12.8 Å². The molecular formula is C14H15F3N2O3. The molecule has 0 aliphatic carbocycles. The van der Waals surface area contributed by atoms with E-state index in [0.717, 1.165) is 6.07 Å². The summed E-state index contributed by atoms with van der Waals surface area (Å²) in [5, 5.41) is 11.3. The number of carboxylic acid groups (broad SMARTS) is 1. The van der Waals surface area contributed by atoms with Crippen LogP contribution in [-0.4, -0.2) is 41.6 Å². The fraction of sp³-hybridized carbons (Fsp3) is 0.429. The van der Waals surface area contributed by atoms with Crippen molar-refractivity contribution in [1.82, 2.24) is 10.2 Å². The first-order valence-electron chi connectivity index (χ1n) is 6.77. The molecule has 120 valence electrons. The first kappa shape index (κ1) is 16.3. The highest BCUT2D eigenvalue weighted by molar-refractivity contribution is 5.94. The van der Waals surface area contributed by atoms with E-state index in [1.807, 2.05) is 0 Å². The Morgan fingerprint density at radius 3 is 2.41 bits per heavy atom. The van der Waals surface area contributed by atoms with Gasteiger partial charge in [0.2, 0.25) is 0 Å². The zero-order valence-corrected chi connectivity index (χ0v) is 11.6. The molecule has 1 saturated heterocycles. The number of rotatable bonds is 4. The average molecular weight is 316 g/mol. The number of amides is 1. The standard InChI is InChI=1S/C14H15F3N2O3/c15-10-2-1-9(11(16)12(10)17)13(20)18-7-19-5-3-8(4-6-19)14(21)22/h1-2,8H,3-7H2,(H,18,20)(H,21,22). The van der Waals surface area contributed by atoms with Crippen molar-refractivity contribution in [3.8, 4) is 0 Å². The third-order valence-electron chi connectivity index (χ3n) is 3.68. The monoisotopic (exact) mass is 316 g/mol. The fourth-order valence-corrected chi connectivity index (χ4v) is 2.32. The molecule has 0 aromatic heterocycles. The van der Waals surface area contributed by atoms with Gasteiger partial charge >= 0.3 is 5.97 Å². The molecule has 2 N–H and O–H groups in total. The number of carbonyl (C=O) groups is 2. The van der Waals surface area contributed by atoms with Crippen molar-refractivity contribution in [3.05, 3.63) is 35.1 Å². The van der Waals surface area contributed by atoms with Crippen LogP contribution in [0.3, 0.4) is 0 Å². The van der Waals surface area contributed by atoms with Gasteiger partial charge in [-0.25, -0.2) is 13.2 Å². The third kappa shape index (κ3) is 3.56. The topological polar surface area (TPSA) is 69.6 Å². The van der Waals surface area contributed by atoms with Crippen LogP contribution in [0.2, 0.25) is 0 Å². The van der Waals surface area contributed by atoms with Crippen molar-refractivity contribution < 1.29 is 27.9 Å². The van der Waals surface area contributed by atoms with Gasteiger partial charge in [-0.05, 0) is 25.0 Å². The quantitative estimate of drug-likeness (QED) is 0.828. The van der Waals surface area contributed by atoms with Crippen LogP contribution in [0, 0.1) is 23.4 Å². The fourth-order valence-electron chi connectivity index (χ4n) is 2.32. The van der Waals surface area contributed by atoms with Crippen molar-refractivity contribution in [3.63, 3.8) is 0 Å². The maximum atomic E-state index is 13.5. The van der Waals surface area contributed by atoms with E-state index >= 15 is 0 Å². The van der Waals surface area contributed by atoms with Gasteiger partial charge in [-0.2, -0.15) is 0 Å². The molecule has 0 radical (unpaired) electrons. The van der Waals surface area contributed by atoms with E-state index in [0.29, 0.717) is 32.0 Å². The van der Waals surface area contributed by atoms with Gasteiger partial charge in [0, 0.05) is 13.1 Å². The maximum Gasteiger partial charge on any atom is 0.306 e. The molecule has 1 aliphatic rings. The molecular weight excluding hydrogens is 301 g/mol. The normalized spacial score (nSPS) is 16.5. The minimum atomic E-state index is -1.69. The Labute approximate surface area is 124 Å². The molecule has 8 heteroatoms. The Balaban J connectivity index is 1.89. The van der Waals surface area contributed by atoms with E-state index < -0.39 is 40.8 Å². The Hall–Kier alpha value is -2.09. The summed E-state index contributed by atoms with van der Waals surface area (Å²) in [7, 11) is 0. The third-order valence-corrected chi connectivity index (χ3v) is 3.68. The van der Waals surface area contributed by atoms with E-state index in [1.54, 1.807) is 4.90 Å². The van der Waals surface area contributed by atoms with E-state index in [4.69, 9.17) is 5.11 Å². The Bertz CT molecular complexity index is 587. The first-order chi connectivity index (χ1) is 10.4. The highest BCUT2D eigenvalue weighted by atomic mass is 19.2. The van der Waals surface area contributed by atoms with E-state index in [2.05, 4.69) is 5.32 Å². The lowest BCUT2D eigenvalue weighted by molar-refractivity contribution is -0.143. The zero-order valence-electron chi connectivity index (χ0n) is 11.6. The van der Waals surface area contributed by atoms with Crippen molar-refractivity contribution >= 4 is 11.9 Å². The van der Waals surface area contributed by atoms with Crippen LogP contribution in [0.4, 0.5) is 13.2 Å². The van der Waals surface area contributed by atoms with Crippen molar-refractivity contribution in [2.24, 2.45) is 5.92 Å². The summed E-state index contributed by atoms with van der Waals surface area (Å²) in [6, 6.07) is 1.56. The number of nitrogens with one attached hydrogen (secondary N) is 1. The van der Waals surface area contributed by atoms with Crippen LogP contribution in [-0.2, 0) is 4.79 Å². The molecule has 5 nitrogen and oxygen atoms in total. The molecule has 1 heterocycles. The number of piperidine rings is 1. The number of aliphatic carboxylic acids is 1. The number of carbonyl (C=O) groups excluding carboxylic acids is 1. The highest BCUT2D eigenvalue weighted by Crippen LogP contribution is 2.17. The molecule has 1 aromatic carbocycles. The second kappa shape index (κ2) is 6.78. The summed E-state index contributed by atoms with van der Waals surface area (Å²) in [5.74, 6) is -6.65. The molecule has 1 fully saturated rings. The minimum absolute atomic E-state index is 0.0869. The van der Waals surface area contributed by atoms with Gasteiger partial charge in [0.25, 0.3) is 5.91 Å². The van der Waals surface area contributed by atoms with Gasteiger partial charge in [-0.3, -0.25) is 14.5 Å². The largest absolute Gasteiger partial charge is 0.481 e. The Morgan fingerprint density at radius 1 is 1.18 bits per heavy atom. The lowest BCUT2D eigenvalue weighted by Crippen LogP contribution is -2.43. The summed E-state index contributed by atoms with van der Waals surface area (Å²) in [6.45, 7) is 1.05. The summed E-state index contributed by atoms with van der Waals surface area (Å²) in [4.78, 5) is 24.4. The summed E-state index contributed by atoms with van der Waals surface area (Å²) < 4.78 is 39.3. The average Bonchev–Trinajstić information content (AvgIpc) is 2.51. The van der Waals surface area contributed by atoms with Crippen molar-refractivity contribution in [1.29, 1.82) is 0 Å². The first-order valence-corrected chi connectivity index (χ1v) is 6.77. The number of nitrogens with zero attached hydrogens (tertiary/aromatic N) is 1. The van der Waals surface area contributed by atoms with Crippen LogP contribution in [0.1, 0.15) is 23.2 Å². The van der Waals surface area contributed by atoms with Crippen LogP contribution in [0.15, 0.2) is 12.1 Å².